The minimum absolute atomic E-state index is 0.502. The SMILES string of the molecule is CNC(Cc1nc(C2CCC2)no1)C1CCCC1. The molecule has 4 heteroatoms. The van der Waals surface area contributed by atoms with E-state index in [0.717, 1.165) is 24.1 Å². The van der Waals surface area contributed by atoms with Crippen LogP contribution in [0.1, 0.15) is 62.6 Å². The van der Waals surface area contributed by atoms with E-state index in [1.165, 1.54) is 44.9 Å². The van der Waals surface area contributed by atoms with Crippen LogP contribution in [-0.2, 0) is 6.42 Å². The average molecular weight is 249 g/mol. The quantitative estimate of drug-likeness (QED) is 0.871. The molecule has 2 fully saturated rings. The Morgan fingerprint density at radius 2 is 2.00 bits per heavy atom. The summed E-state index contributed by atoms with van der Waals surface area (Å²) in [6.45, 7) is 0. The van der Waals surface area contributed by atoms with Crippen molar-refractivity contribution in [1.29, 1.82) is 0 Å². The van der Waals surface area contributed by atoms with Gasteiger partial charge in [-0.1, -0.05) is 24.4 Å². The fraction of sp³-hybridized carbons (Fsp3) is 0.857. The highest BCUT2D eigenvalue weighted by atomic mass is 16.5. The highest BCUT2D eigenvalue weighted by Gasteiger charge is 2.28. The molecule has 1 heterocycles. The van der Waals surface area contributed by atoms with E-state index in [-0.39, 0.29) is 0 Å². The molecule has 0 radical (unpaired) electrons. The smallest absolute Gasteiger partial charge is 0.228 e. The third-order valence-corrected chi connectivity index (χ3v) is 4.69. The molecule has 1 aromatic rings. The molecule has 3 rings (SSSR count). The molecule has 0 saturated heterocycles. The Labute approximate surface area is 109 Å². The first-order chi connectivity index (χ1) is 8.86. The van der Waals surface area contributed by atoms with Gasteiger partial charge in [-0.25, -0.2) is 0 Å². The largest absolute Gasteiger partial charge is 0.339 e. The molecule has 0 bridgehead atoms. The van der Waals surface area contributed by atoms with Gasteiger partial charge in [0.1, 0.15) is 0 Å². The lowest BCUT2D eigenvalue weighted by molar-refractivity contribution is 0.312. The van der Waals surface area contributed by atoms with Crippen LogP contribution < -0.4 is 5.32 Å². The van der Waals surface area contributed by atoms with E-state index in [9.17, 15) is 0 Å². The van der Waals surface area contributed by atoms with Crippen LogP contribution in [0.4, 0.5) is 0 Å². The molecule has 0 amide bonds. The molecule has 0 spiro atoms. The average Bonchev–Trinajstić information content (AvgIpc) is 2.94. The van der Waals surface area contributed by atoms with Crippen molar-refractivity contribution in [3.63, 3.8) is 0 Å². The molecule has 4 nitrogen and oxygen atoms in total. The summed E-state index contributed by atoms with van der Waals surface area (Å²) >= 11 is 0. The second kappa shape index (κ2) is 5.39. The molecule has 0 aromatic carbocycles. The fourth-order valence-electron chi connectivity index (χ4n) is 3.24. The summed E-state index contributed by atoms with van der Waals surface area (Å²) in [5.74, 6) is 3.12. The van der Waals surface area contributed by atoms with Crippen LogP contribution in [0.3, 0.4) is 0 Å². The van der Waals surface area contributed by atoms with Gasteiger partial charge in [0, 0.05) is 18.4 Å². The van der Waals surface area contributed by atoms with Crippen molar-refractivity contribution >= 4 is 0 Å². The van der Waals surface area contributed by atoms with Gasteiger partial charge in [-0.05, 0) is 38.6 Å². The fourth-order valence-corrected chi connectivity index (χ4v) is 3.24. The lowest BCUT2D eigenvalue weighted by Gasteiger charge is -2.21. The zero-order valence-electron chi connectivity index (χ0n) is 11.2. The van der Waals surface area contributed by atoms with Gasteiger partial charge in [0.05, 0.1) is 0 Å². The molecule has 0 aliphatic heterocycles. The van der Waals surface area contributed by atoms with Gasteiger partial charge >= 0.3 is 0 Å². The van der Waals surface area contributed by atoms with Crippen molar-refractivity contribution < 1.29 is 4.52 Å². The van der Waals surface area contributed by atoms with Gasteiger partial charge in [-0.3, -0.25) is 0 Å². The highest BCUT2D eigenvalue weighted by Crippen LogP contribution is 2.35. The summed E-state index contributed by atoms with van der Waals surface area (Å²) < 4.78 is 5.41. The first kappa shape index (κ1) is 12.2. The third-order valence-electron chi connectivity index (χ3n) is 4.69. The van der Waals surface area contributed by atoms with Crippen LogP contribution in [0.15, 0.2) is 4.52 Å². The standard InChI is InChI=1S/C14H23N3O/c1-15-12(10-5-2-3-6-10)9-13-16-14(17-18-13)11-7-4-8-11/h10-12,15H,2-9H2,1H3. The van der Waals surface area contributed by atoms with E-state index in [2.05, 4.69) is 15.5 Å². The number of rotatable bonds is 5. The lowest BCUT2D eigenvalue weighted by Crippen LogP contribution is -2.34. The topological polar surface area (TPSA) is 51.0 Å². The van der Waals surface area contributed by atoms with Gasteiger partial charge in [0.25, 0.3) is 0 Å². The van der Waals surface area contributed by atoms with Crippen LogP contribution in [0.5, 0.6) is 0 Å². The van der Waals surface area contributed by atoms with Crippen molar-refractivity contribution in [3.8, 4) is 0 Å². The van der Waals surface area contributed by atoms with Gasteiger partial charge in [0.2, 0.25) is 5.89 Å². The summed E-state index contributed by atoms with van der Waals surface area (Å²) in [5.41, 5.74) is 0. The molecule has 2 saturated carbocycles. The second-order valence-corrected chi connectivity index (χ2v) is 5.82. The third kappa shape index (κ3) is 2.44. The molecule has 1 aromatic heterocycles. The maximum atomic E-state index is 5.41. The van der Waals surface area contributed by atoms with Gasteiger partial charge in [-0.2, -0.15) is 4.98 Å². The number of aromatic nitrogens is 2. The van der Waals surface area contributed by atoms with E-state index in [0.29, 0.717) is 12.0 Å². The molecule has 2 aliphatic rings. The van der Waals surface area contributed by atoms with Crippen molar-refractivity contribution in [2.24, 2.45) is 5.92 Å². The van der Waals surface area contributed by atoms with Gasteiger partial charge in [0.15, 0.2) is 5.82 Å². The molecule has 1 unspecified atom stereocenters. The van der Waals surface area contributed by atoms with Crippen LogP contribution in [-0.4, -0.2) is 23.2 Å². The summed E-state index contributed by atoms with van der Waals surface area (Å²) in [4.78, 5) is 4.57. The maximum absolute atomic E-state index is 5.41. The zero-order valence-corrected chi connectivity index (χ0v) is 11.2. The minimum atomic E-state index is 0.502. The number of hydrogen-bond donors (Lipinski definition) is 1. The van der Waals surface area contributed by atoms with Crippen molar-refractivity contribution in [1.82, 2.24) is 15.5 Å². The molecular weight excluding hydrogens is 226 g/mol. The number of nitrogens with one attached hydrogen (secondary N) is 1. The molecular formula is C14H23N3O. The Bertz CT molecular complexity index is 380. The zero-order chi connectivity index (χ0) is 12.4. The number of nitrogens with zero attached hydrogens (tertiary/aromatic N) is 2. The summed E-state index contributed by atoms with van der Waals surface area (Å²) in [5, 5.41) is 7.57. The van der Waals surface area contributed by atoms with Gasteiger partial charge < -0.3 is 9.84 Å². The van der Waals surface area contributed by atoms with Crippen molar-refractivity contribution in [3.05, 3.63) is 11.7 Å². The van der Waals surface area contributed by atoms with E-state index >= 15 is 0 Å². The van der Waals surface area contributed by atoms with Crippen molar-refractivity contribution in [2.45, 2.75) is 63.3 Å². The van der Waals surface area contributed by atoms with E-state index < -0.39 is 0 Å². The maximum Gasteiger partial charge on any atom is 0.228 e. The Kier molecular flexibility index (Phi) is 3.64. The minimum Gasteiger partial charge on any atom is -0.339 e. The first-order valence-corrected chi connectivity index (χ1v) is 7.36. The molecule has 1 atom stereocenters. The van der Waals surface area contributed by atoms with E-state index in [1.54, 1.807) is 0 Å². The van der Waals surface area contributed by atoms with Crippen LogP contribution >= 0.6 is 0 Å². The Balaban J connectivity index is 1.61. The van der Waals surface area contributed by atoms with Gasteiger partial charge in [-0.15, -0.1) is 0 Å². The summed E-state index contributed by atoms with van der Waals surface area (Å²) in [6, 6.07) is 0.502. The van der Waals surface area contributed by atoms with E-state index in [1.807, 2.05) is 7.05 Å². The lowest BCUT2D eigenvalue weighted by atomic mass is 9.85. The predicted octanol–water partition coefficient (Wildman–Crippen LogP) is 2.66. The predicted molar refractivity (Wildman–Crippen MR) is 69.4 cm³/mol. The van der Waals surface area contributed by atoms with E-state index in [4.69, 9.17) is 4.52 Å². The normalized spacial score (nSPS) is 23.2. The first-order valence-electron chi connectivity index (χ1n) is 7.36. The Hall–Kier alpha value is -0.900. The Morgan fingerprint density at radius 3 is 2.61 bits per heavy atom. The summed E-state index contributed by atoms with van der Waals surface area (Å²) in [7, 11) is 2.05. The molecule has 1 N–H and O–H groups in total. The highest BCUT2D eigenvalue weighted by molar-refractivity contribution is 5.01. The van der Waals surface area contributed by atoms with Crippen LogP contribution in [0, 0.1) is 5.92 Å². The van der Waals surface area contributed by atoms with Crippen LogP contribution in [0.25, 0.3) is 0 Å². The van der Waals surface area contributed by atoms with Crippen molar-refractivity contribution in [2.75, 3.05) is 7.05 Å². The van der Waals surface area contributed by atoms with Crippen LogP contribution in [0.2, 0.25) is 0 Å². The monoisotopic (exact) mass is 249 g/mol. The molecule has 100 valence electrons. The number of likely N-dealkylation sites (N-methyl/N-ethyl adjacent to an activating group) is 1. The summed E-state index contributed by atoms with van der Waals surface area (Å²) in [6.07, 6.45) is 10.1. The second-order valence-electron chi connectivity index (χ2n) is 5.82. The molecule has 2 aliphatic carbocycles. The Morgan fingerprint density at radius 1 is 1.22 bits per heavy atom. The molecule has 18 heavy (non-hydrogen) atoms. The number of hydrogen-bond acceptors (Lipinski definition) is 4.